The van der Waals surface area contributed by atoms with Crippen molar-refractivity contribution in [3.8, 4) is 11.5 Å². The van der Waals surface area contributed by atoms with Crippen molar-refractivity contribution >= 4 is 17.7 Å². The summed E-state index contributed by atoms with van der Waals surface area (Å²) in [5, 5.41) is 6.05. The van der Waals surface area contributed by atoms with Crippen LogP contribution in [0.15, 0.2) is 47.5 Å². The van der Waals surface area contributed by atoms with Gasteiger partial charge < -0.3 is 30.7 Å². The van der Waals surface area contributed by atoms with Gasteiger partial charge >= 0.3 is 6.03 Å². The van der Waals surface area contributed by atoms with Crippen molar-refractivity contribution in [2.75, 3.05) is 32.6 Å². The zero-order chi connectivity index (χ0) is 21.3. The standard InChI is InChI=1S/C22H29N5O3/c1-29-19-9-8-17(13-20(19)30-2)15-25-21(23)24-14-16-6-5-7-18(12-16)26-22(28)27-10-3-4-11-27/h5-9,12-13H,3-4,10-11,14-15H2,1-2H3,(H,26,28)(H3,23,24,25). The predicted octanol–water partition coefficient (Wildman–Crippen LogP) is 2.94. The molecule has 0 saturated carbocycles. The Morgan fingerprint density at radius 3 is 2.57 bits per heavy atom. The van der Waals surface area contributed by atoms with Crippen LogP contribution in [0.5, 0.6) is 11.5 Å². The predicted molar refractivity (Wildman–Crippen MR) is 118 cm³/mol. The molecule has 0 atom stereocenters. The number of aliphatic imine (C=N–C) groups is 1. The first-order chi connectivity index (χ1) is 14.6. The highest BCUT2D eigenvalue weighted by atomic mass is 16.5. The van der Waals surface area contributed by atoms with E-state index in [1.54, 1.807) is 14.2 Å². The molecule has 0 radical (unpaired) electrons. The second kappa shape index (κ2) is 10.4. The average molecular weight is 412 g/mol. The number of hydrogen-bond donors (Lipinski definition) is 3. The number of likely N-dealkylation sites (tertiary alicyclic amines) is 1. The van der Waals surface area contributed by atoms with E-state index in [1.165, 1.54) is 0 Å². The fourth-order valence-corrected chi connectivity index (χ4v) is 3.29. The minimum Gasteiger partial charge on any atom is -0.493 e. The van der Waals surface area contributed by atoms with Crippen LogP contribution in [-0.4, -0.2) is 44.2 Å². The molecule has 1 aliphatic heterocycles. The maximum absolute atomic E-state index is 12.2. The molecule has 1 saturated heterocycles. The number of nitrogens with two attached hydrogens (primary N) is 1. The van der Waals surface area contributed by atoms with E-state index in [-0.39, 0.29) is 6.03 Å². The minimum absolute atomic E-state index is 0.0516. The monoisotopic (exact) mass is 411 g/mol. The zero-order valence-electron chi connectivity index (χ0n) is 17.5. The third-order valence-corrected chi connectivity index (χ3v) is 4.93. The molecule has 1 heterocycles. The second-order valence-corrected chi connectivity index (χ2v) is 7.07. The van der Waals surface area contributed by atoms with E-state index >= 15 is 0 Å². The van der Waals surface area contributed by atoms with Crippen molar-refractivity contribution in [3.63, 3.8) is 0 Å². The number of methoxy groups -OCH3 is 2. The first-order valence-electron chi connectivity index (χ1n) is 9.98. The van der Waals surface area contributed by atoms with Crippen LogP contribution in [0.4, 0.5) is 10.5 Å². The molecule has 0 bridgehead atoms. The van der Waals surface area contributed by atoms with Crippen molar-refractivity contribution in [3.05, 3.63) is 53.6 Å². The van der Waals surface area contributed by atoms with Gasteiger partial charge in [-0.2, -0.15) is 0 Å². The molecule has 2 aromatic rings. The molecule has 0 spiro atoms. The molecule has 8 heteroatoms. The third-order valence-electron chi connectivity index (χ3n) is 4.93. The van der Waals surface area contributed by atoms with E-state index < -0.39 is 0 Å². The molecule has 1 fully saturated rings. The Hall–Kier alpha value is -3.42. The van der Waals surface area contributed by atoms with Gasteiger partial charge in [-0.3, -0.25) is 0 Å². The van der Waals surface area contributed by atoms with Crippen LogP contribution < -0.4 is 25.8 Å². The molecule has 8 nitrogen and oxygen atoms in total. The number of hydrogen-bond acceptors (Lipinski definition) is 4. The molecule has 0 unspecified atom stereocenters. The summed E-state index contributed by atoms with van der Waals surface area (Å²) in [5.74, 6) is 1.69. The lowest BCUT2D eigenvalue weighted by atomic mass is 10.2. The number of anilines is 1. The van der Waals surface area contributed by atoms with Crippen LogP contribution in [-0.2, 0) is 13.1 Å². The second-order valence-electron chi connectivity index (χ2n) is 7.07. The summed E-state index contributed by atoms with van der Waals surface area (Å²) in [5.41, 5.74) is 8.73. The van der Waals surface area contributed by atoms with E-state index in [0.717, 1.165) is 42.7 Å². The van der Waals surface area contributed by atoms with Gasteiger partial charge in [0, 0.05) is 25.3 Å². The first-order valence-corrected chi connectivity index (χ1v) is 9.98. The Morgan fingerprint density at radius 2 is 1.83 bits per heavy atom. The molecular weight excluding hydrogens is 382 g/mol. The van der Waals surface area contributed by atoms with Gasteiger partial charge in [-0.05, 0) is 48.2 Å². The number of guanidine groups is 1. The Balaban J connectivity index is 1.53. The lowest BCUT2D eigenvalue weighted by Gasteiger charge is -2.16. The molecule has 0 aromatic heterocycles. The van der Waals surface area contributed by atoms with Gasteiger partial charge in [0.1, 0.15) is 0 Å². The molecule has 0 aliphatic carbocycles. The van der Waals surface area contributed by atoms with Gasteiger partial charge in [0.2, 0.25) is 0 Å². The summed E-state index contributed by atoms with van der Waals surface area (Å²) in [4.78, 5) is 18.5. The molecular formula is C22H29N5O3. The quantitative estimate of drug-likeness (QED) is 0.480. The number of carbonyl (C=O) groups is 1. The topological polar surface area (TPSA) is 101 Å². The van der Waals surface area contributed by atoms with Crippen LogP contribution in [0.2, 0.25) is 0 Å². The Bertz CT molecular complexity index is 894. The number of ether oxygens (including phenoxy) is 2. The van der Waals surface area contributed by atoms with Crippen LogP contribution in [0.3, 0.4) is 0 Å². The highest BCUT2D eigenvalue weighted by Gasteiger charge is 2.17. The van der Waals surface area contributed by atoms with Crippen LogP contribution >= 0.6 is 0 Å². The Morgan fingerprint density at radius 1 is 1.07 bits per heavy atom. The molecule has 2 aromatic carbocycles. The molecule has 160 valence electrons. The first kappa shape index (κ1) is 21.3. The van der Waals surface area contributed by atoms with E-state index in [4.69, 9.17) is 15.2 Å². The zero-order valence-corrected chi connectivity index (χ0v) is 17.5. The average Bonchev–Trinajstić information content (AvgIpc) is 3.31. The van der Waals surface area contributed by atoms with E-state index in [1.807, 2.05) is 47.4 Å². The third kappa shape index (κ3) is 5.79. The number of amides is 2. The minimum atomic E-state index is -0.0516. The van der Waals surface area contributed by atoms with Gasteiger partial charge in [-0.25, -0.2) is 9.79 Å². The number of carbonyl (C=O) groups excluding carboxylic acids is 1. The van der Waals surface area contributed by atoms with Gasteiger partial charge in [0.05, 0.1) is 20.8 Å². The lowest BCUT2D eigenvalue weighted by Crippen LogP contribution is -2.32. The number of urea groups is 1. The highest BCUT2D eigenvalue weighted by molar-refractivity contribution is 5.89. The summed E-state index contributed by atoms with van der Waals surface area (Å²) in [6, 6.07) is 13.3. The maximum Gasteiger partial charge on any atom is 0.321 e. The van der Waals surface area contributed by atoms with Gasteiger partial charge in [0.15, 0.2) is 17.5 Å². The largest absolute Gasteiger partial charge is 0.493 e. The van der Waals surface area contributed by atoms with Crippen LogP contribution in [0, 0.1) is 0 Å². The van der Waals surface area contributed by atoms with Crippen molar-refractivity contribution < 1.29 is 14.3 Å². The van der Waals surface area contributed by atoms with Crippen molar-refractivity contribution in [1.29, 1.82) is 0 Å². The molecule has 2 amide bonds. The summed E-state index contributed by atoms with van der Waals surface area (Å²) in [6.45, 7) is 2.57. The van der Waals surface area contributed by atoms with E-state index in [2.05, 4.69) is 15.6 Å². The van der Waals surface area contributed by atoms with Gasteiger partial charge in [0.25, 0.3) is 0 Å². The summed E-state index contributed by atoms with van der Waals surface area (Å²) < 4.78 is 10.6. The number of nitrogens with zero attached hydrogens (tertiary/aromatic N) is 2. The van der Waals surface area contributed by atoms with Crippen molar-refractivity contribution in [1.82, 2.24) is 10.2 Å². The van der Waals surface area contributed by atoms with Crippen molar-refractivity contribution in [2.24, 2.45) is 10.7 Å². The molecule has 1 aliphatic rings. The van der Waals surface area contributed by atoms with E-state index in [0.29, 0.717) is 30.5 Å². The molecule has 4 N–H and O–H groups in total. The fourth-order valence-electron chi connectivity index (χ4n) is 3.29. The Labute approximate surface area is 177 Å². The fraction of sp³-hybridized carbons (Fsp3) is 0.364. The lowest BCUT2D eigenvalue weighted by molar-refractivity contribution is 0.222. The number of rotatable bonds is 7. The van der Waals surface area contributed by atoms with Crippen LogP contribution in [0.1, 0.15) is 24.0 Å². The molecule has 3 rings (SSSR count). The summed E-state index contributed by atoms with van der Waals surface area (Å²) in [7, 11) is 3.21. The summed E-state index contributed by atoms with van der Waals surface area (Å²) in [6.07, 6.45) is 2.13. The summed E-state index contributed by atoms with van der Waals surface area (Å²) >= 11 is 0. The number of nitrogens with one attached hydrogen (secondary N) is 2. The maximum atomic E-state index is 12.2. The van der Waals surface area contributed by atoms with Crippen LogP contribution in [0.25, 0.3) is 0 Å². The highest BCUT2D eigenvalue weighted by Crippen LogP contribution is 2.27. The van der Waals surface area contributed by atoms with Gasteiger partial charge in [-0.1, -0.05) is 18.2 Å². The SMILES string of the molecule is COc1ccc(CNC(N)=NCc2cccc(NC(=O)N3CCCC3)c2)cc1OC. The Kier molecular flexibility index (Phi) is 7.37. The van der Waals surface area contributed by atoms with E-state index in [9.17, 15) is 4.79 Å². The normalized spacial score (nSPS) is 13.8. The number of benzene rings is 2. The van der Waals surface area contributed by atoms with Crippen molar-refractivity contribution in [2.45, 2.75) is 25.9 Å². The molecule has 30 heavy (non-hydrogen) atoms. The van der Waals surface area contributed by atoms with Gasteiger partial charge in [-0.15, -0.1) is 0 Å². The smallest absolute Gasteiger partial charge is 0.321 e.